The molecule has 112 valence electrons. The van der Waals surface area contributed by atoms with Gasteiger partial charge in [0.15, 0.2) is 0 Å². The number of aromatic nitrogens is 1. The number of rotatable bonds is 3. The van der Waals surface area contributed by atoms with Crippen LogP contribution in [0.25, 0.3) is 11.3 Å². The maximum absolute atomic E-state index is 9.54. The van der Waals surface area contributed by atoms with Crippen molar-refractivity contribution in [1.29, 1.82) is 0 Å². The van der Waals surface area contributed by atoms with Crippen molar-refractivity contribution in [2.45, 2.75) is 25.5 Å². The molecule has 1 aliphatic heterocycles. The minimum Gasteiger partial charge on any atom is -0.393 e. The first kappa shape index (κ1) is 15.3. The maximum atomic E-state index is 9.54. The van der Waals surface area contributed by atoms with Gasteiger partial charge in [0.1, 0.15) is 5.01 Å². The Morgan fingerprint density at radius 1 is 1.29 bits per heavy atom. The Kier molecular flexibility index (Phi) is 4.82. The van der Waals surface area contributed by atoms with E-state index in [1.54, 1.807) is 23.5 Å². The molecule has 1 aromatic carbocycles. The minimum absolute atomic E-state index is 0.140. The molecule has 0 unspecified atom stereocenters. The molecule has 21 heavy (non-hydrogen) atoms. The molecule has 0 atom stereocenters. The number of nitrogens with zero attached hydrogens (tertiary/aromatic N) is 2. The van der Waals surface area contributed by atoms with Crippen molar-refractivity contribution in [1.82, 2.24) is 9.88 Å². The van der Waals surface area contributed by atoms with Crippen molar-refractivity contribution in [3.8, 4) is 11.3 Å². The highest BCUT2D eigenvalue weighted by Gasteiger charge is 2.18. The molecule has 2 aromatic rings. The number of hydrogen-bond acceptors (Lipinski definition) is 4. The van der Waals surface area contributed by atoms with Gasteiger partial charge in [-0.2, -0.15) is 0 Å². The van der Waals surface area contributed by atoms with Gasteiger partial charge < -0.3 is 5.11 Å². The van der Waals surface area contributed by atoms with E-state index in [1.807, 2.05) is 11.4 Å². The molecule has 1 fully saturated rings. The topological polar surface area (TPSA) is 36.4 Å². The second-order valence-corrected chi connectivity index (χ2v) is 7.04. The van der Waals surface area contributed by atoms with Gasteiger partial charge in [-0.25, -0.2) is 4.98 Å². The van der Waals surface area contributed by atoms with Crippen LogP contribution in [0.5, 0.6) is 0 Å². The maximum Gasteiger partial charge on any atom is 0.107 e. The van der Waals surface area contributed by atoms with Crippen molar-refractivity contribution >= 4 is 34.5 Å². The highest BCUT2D eigenvalue weighted by atomic mass is 35.5. The zero-order valence-corrected chi connectivity index (χ0v) is 13.8. The molecule has 0 bridgehead atoms. The van der Waals surface area contributed by atoms with Gasteiger partial charge in [-0.15, -0.1) is 11.3 Å². The number of hydrogen-bond donors (Lipinski definition) is 1. The quantitative estimate of drug-likeness (QED) is 0.913. The lowest BCUT2D eigenvalue weighted by atomic mass is 10.1. The van der Waals surface area contributed by atoms with Crippen LogP contribution in [-0.4, -0.2) is 34.2 Å². The highest BCUT2D eigenvalue weighted by Crippen LogP contribution is 2.31. The Morgan fingerprint density at radius 3 is 2.81 bits per heavy atom. The third kappa shape index (κ3) is 3.76. The first-order valence-corrected chi connectivity index (χ1v) is 8.55. The van der Waals surface area contributed by atoms with Gasteiger partial charge >= 0.3 is 0 Å². The lowest BCUT2D eigenvalue weighted by molar-refractivity contribution is 0.0792. The predicted octanol–water partition coefficient (Wildman–Crippen LogP) is 4.07. The number of piperidine rings is 1. The van der Waals surface area contributed by atoms with Crippen LogP contribution in [0.1, 0.15) is 17.8 Å². The third-order valence-electron chi connectivity index (χ3n) is 3.67. The van der Waals surface area contributed by atoms with Gasteiger partial charge in [-0.3, -0.25) is 4.90 Å². The molecular weight excluding hydrogens is 327 g/mol. The van der Waals surface area contributed by atoms with Crippen LogP contribution in [0.3, 0.4) is 0 Å². The van der Waals surface area contributed by atoms with Gasteiger partial charge in [0, 0.05) is 29.1 Å². The average molecular weight is 343 g/mol. The normalized spacial score (nSPS) is 17.3. The Morgan fingerprint density at radius 2 is 2.05 bits per heavy atom. The largest absolute Gasteiger partial charge is 0.393 e. The number of thiazole rings is 1. The van der Waals surface area contributed by atoms with Gasteiger partial charge in [0.2, 0.25) is 0 Å². The number of halogens is 2. The van der Waals surface area contributed by atoms with Crippen LogP contribution in [0.4, 0.5) is 0 Å². The Bertz CT molecular complexity index is 624. The molecule has 0 aliphatic carbocycles. The first-order chi connectivity index (χ1) is 10.1. The first-order valence-electron chi connectivity index (χ1n) is 6.92. The molecule has 1 saturated heterocycles. The summed E-state index contributed by atoms with van der Waals surface area (Å²) in [7, 11) is 0. The van der Waals surface area contributed by atoms with Crippen molar-refractivity contribution in [2.75, 3.05) is 13.1 Å². The summed E-state index contributed by atoms with van der Waals surface area (Å²) < 4.78 is 0. The van der Waals surface area contributed by atoms with E-state index in [0.29, 0.717) is 10.0 Å². The zero-order valence-electron chi connectivity index (χ0n) is 11.4. The lowest BCUT2D eigenvalue weighted by Gasteiger charge is -2.28. The van der Waals surface area contributed by atoms with E-state index in [9.17, 15) is 5.11 Å². The monoisotopic (exact) mass is 342 g/mol. The molecular formula is C15H16Cl2N2OS. The highest BCUT2D eigenvalue weighted by molar-refractivity contribution is 7.09. The van der Waals surface area contributed by atoms with E-state index in [-0.39, 0.29) is 6.10 Å². The average Bonchev–Trinajstić information content (AvgIpc) is 2.92. The standard InChI is InChI=1S/C15H16Cl2N2OS/c16-10-1-2-13(17)12(7-10)14-9-21-15(18-14)8-19-5-3-11(20)4-6-19/h1-2,7,9,11,20H,3-6,8H2. The van der Waals surface area contributed by atoms with Gasteiger partial charge in [0.25, 0.3) is 0 Å². The zero-order chi connectivity index (χ0) is 14.8. The second kappa shape index (κ2) is 6.63. The van der Waals surface area contributed by atoms with Gasteiger partial charge in [-0.05, 0) is 31.0 Å². The fourth-order valence-corrected chi connectivity index (χ4v) is 3.69. The number of benzene rings is 1. The summed E-state index contributed by atoms with van der Waals surface area (Å²) in [4.78, 5) is 7.00. The summed E-state index contributed by atoms with van der Waals surface area (Å²) in [6, 6.07) is 5.42. The molecule has 1 aliphatic rings. The summed E-state index contributed by atoms with van der Waals surface area (Å²) in [5.74, 6) is 0. The van der Waals surface area contributed by atoms with Crippen molar-refractivity contribution in [2.24, 2.45) is 0 Å². The third-order valence-corrected chi connectivity index (χ3v) is 5.07. The van der Waals surface area contributed by atoms with Gasteiger partial charge in [0.05, 0.1) is 23.4 Å². The minimum atomic E-state index is -0.140. The predicted molar refractivity (Wildman–Crippen MR) is 88.1 cm³/mol. The van der Waals surface area contributed by atoms with E-state index in [2.05, 4.69) is 9.88 Å². The van der Waals surface area contributed by atoms with Crippen LogP contribution >= 0.6 is 34.5 Å². The Balaban J connectivity index is 1.73. The molecule has 3 rings (SSSR count). The smallest absolute Gasteiger partial charge is 0.107 e. The van der Waals surface area contributed by atoms with E-state index in [1.165, 1.54) is 0 Å². The number of aliphatic hydroxyl groups excluding tert-OH is 1. The van der Waals surface area contributed by atoms with E-state index >= 15 is 0 Å². The van der Waals surface area contributed by atoms with Crippen molar-refractivity contribution in [3.63, 3.8) is 0 Å². The fourth-order valence-electron chi connectivity index (χ4n) is 2.47. The molecule has 1 N–H and O–H groups in total. The SMILES string of the molecule is OC1CCN(Cc2nc(-c3cc(Cl)ccc3Cl)cs2)CC1. The molecule has 2 heterocycles. The Labute approximate surface area is 138 Å². The summed E-state index contributed by atoms with van der Waals surface area (Å²) in [5.41, 5.74) is 1.75. The van der Waals surface area contributed by atoms with E-state index in [4.69, 9.17) is 23.2 Å². The second-order valence-electron chi connectivity index (χ2n) is 5.26. The molecule has 0 radical (unpaired) electrons. The van der Waals surface area contributed by atoms with Crippen LogP contribution in [0, 0.1) is 0 Å². The molecule has 1 aromatic heterocycles. The Hall–Kier alpha value is -0.650. The van der Waals surface area contributed by atoms with Crippen molar-refractivity contribution < 1.29 is 5.11 Å². The molecule has 6 heteroatoms. The van der Waals surface area contributed by atoms with Crippen LogP contribution < -0.4 is 0 Å². The van der Waals surface area contributed by atoms with Crippen molar-refractivity contribution in [3.05, 3.63) is 38.6 Å². The summed E-state index contributed by atoms with van der Waals surface area (Å²) >= 11 is 13.9. The van der Waals surface area contributed by atoms with Crippen LogP contribution in [0.15, 0.2) is 23.6 Å². The van der Waals surface area contributed by atoms with E-state index < -0.39 is 0 Å². The van der Waals surface area contributed by atoms with Crippen LogP contribution in [-0.2, 0) is 6.54 Å². The molecule has 0 amide bonds. The molecule has 0 spiro atoms. The molecule has 0 saturated carbocycles. The lowest BCUT2D eigenvalue weighted by Crippen LogP contribution is -2.35. The number of likely N-dealkylation sites (tertiary alicyclic amines) is 1. The molecule has 3 nitrogen and oxygen atoms in total. The fraction of sp³-hybridized carbons (Fsp3) is 0.400. The van der Waals surface area contributed by atoms with Gasteiger partial charge in [-0.1, -0.05) is 23.2 Å². The summed E-state index contributed by atoms with van der Waals surface area (Å²) in [6.45, 7) is 2.68. The summed E-state index contributed by atoms with van der Waals surface area (Å²) in [5, 5.41) is 13.9. The van der Waals surface area contributed by atoms with Crippen LogP contribution in [0.2, 0.25) is 10.0 Å². The number of aliphatic hydroxyl groups is 1. The summed E-state index contributed by atoms with van der Waals surface area (Å²) in [6.07, 6.45) is 1.55. The van der Waals surface area contributed by atoms with E-state index in [0.717, 1.165) is 48.7 Å².